The fraction of sp³-hybridized carbons (Fsp3) is 0.250. The molecule has 1 aliphatic rings. The van der Waals surface area contributed by atoms with E-state index < -0.39 is 5.97 Å². The summed E-state index contributed by atoms with van der Waals surface area (Å²) >= 11 is 0. The Morgan fingerprint density at radius 2 is 1.75 bits per heavy atom. The van der Waals surface area contributed by atoms with E-state index in [9.17, 15) is 9.59 Å². The summed E-state index contributed by atoms with van der Waals surface area (Å²) in [5, 5.41) is 0. The molecule has 1 saturated heterocycles. The zero-order chi connectivity index (χ0) is 22.5. The predicted octanol–water partition coefficient (Wildman–Crippen LogP) is 2.93. The molecule has 8 heteroatoms. The van der Waals surface area contributed by atoms with Gasteiger partial charge in [-0.2, -0.15) is 0 Å². The Labute approximate surface area is 186 Å². The van der Waals surface area contributed by atoms with Gasteiger partial charge in [-0.05, 0) is 35.9 Å². The average molecular weight is 432 g/mol. The second-order valence-electron chi connectivity index (χ2n) is 7.37. The minimum atomic E-state index is -0.421. The molecule has 1 amide bonds. The highest BCUT2D eigenvalue weighted by atomic mass is 16.6. The number of aromatic nitrogens is 2. The molecule has 0 unspecified atom stereocenters. The van der Waals surface area contributed by atoms with Gasteiger partial charge in [0.15, 0.2) is 11.5 Å². The summed E-state index contributed by atoms with van der Waals surface area (Å²) in [5.74, 6) is 1.12. The van der Waals surface area contributed by atoms with Gasteiger partial charge in [-0.15, -0.1) is 0 Å². The summed E-state index contributed by atoms with van der Waals surface area (Å²) in [4.78, 5) is 36.9. The summed E-state index contributed by atoms with van der Waals surface area (Å²) in [6, 6.07) is 12.9. The molecule has 0 N–H and O–H groups in total. The lowest BCUT2D eigenvalue weighted by Gasteiger charge is -2.34. The monoisotopic (exact) mass is 432 g/mol. The highest BCUT2D eigenvalue weighted by Gasteiger charge is 2.21. The number of benzene rings is 2. The first-order valence-electron chi connectivity index (χ1n) is 10.3. The maximum atomic E-state index is 12.6. The third-order valence-electron chi connectivity index (χ3n) is 5.21. The molecule has 8 nitrogen and oxygen atoms in total. The molecule has 0 radical (unpaired) electrons. The van der Waals surface area contributed by atoms with Crippen molar-refractivity contribution in [2.75, 3.05) is 38.2 Å². The lowest BCUT2D eigenvalue weighted by Crippen LogP contribution is -2.48. The number of carbonyl (C=O) groups is 2. The van der Waals surface area contributed by atoms with Crippen LogP contribution in [0.5, 0.6) is 11.5 Å². The van der Waals surface area contributed by atoms with E-state index in [1.54, 1.807) is 36.5 Å². The van der Waals surface area contributed by atoms with E-state index in [1.165, 1.54) is 14.0 Å². The van der Waals surface area contributed by atoms with E-state index in [0.717, 1.165) is 22.4 Å². The quantitative estimate of drug-likeness (QED) is 0.348. The van der Waals surface area contributed by atoms with Gasteiger partial charge >= 0.3 is 5.97 Å². The first kappa shape index (κ1) is 21.3. The van der Waals surface area contributed by atoms with Crippen LogP contribution in [0.15, 0.2) is 54.7 Å². The van der Waals surface area contributed by atoms with E-state index in [-0.39, 0.29) is 5.91 Å². The molecule has 3 aromatic rings. The van der Waals surface area contributed by atoms with Crippen molar-refractivity contribution >= 4 is 34.8 Å². The van der Waals surface area contributed by atoms with Crippen LogP contribution in [-0.2, 0) is 9.59 Å². The standard InChI is InChI=1S/C24H24N4O4/c1-17(29)32-21-9-7-18(15-22(21)31-2)8-10-24(30)28-13-11-27(12-14-28)23-16-25-19-5-3-4-6-20(19)26-23/h3-10,15-16H,11-14H2,1-2H3/b10-8+. The van der Waals surface area contributed by atoms with E-state index >= 15 is 0 Å². The number of methoxy groups -OCH3 is 1. The number of anilines is 1. The van der Waals surface area contributed by atoms with Gasteiger partial charge in [0, 0.05) is 39.2 Å². The number of amides is 1. The minimum absolute atomic E-state index is 0.0581. The minimum Gasteiger partial charge on any atom is -0.493 e. The van der Waals surface area contributed by atoms with Crippen LogP contribution < -0.4 is 14.4 Å². The summed E-state index contributed by atoms with van der Waals surface area (Å²) < 4.78 is 10.4. The van der Waals surface area contributed by atoms with Gasteiger partial charge in [0.2, 0.25) is 5.91 Å². The highest BCUT2D eigenvalue weighted by molar-refractivity contribution is 5.92. The lowest BCUT2D eigenvalue weighted by atomic mass is 10.2. The summed E-state index contributed by atoms with van der Waals surface area (Å²) in [5.41, 5.74) is 2.51. The molecule has 1 fully saturated rings. The molecule has 0 bridgehead atoms. The molecule has 164 valence electrons. The van der Waals surface area contributed by atoms with Gasteiger partial charge in [0.1, 0.15) is 5.82 Å². The Hall–Kier alpha value is -3.94. The molecular weight excluding hydrogens is 408 g/mol. The van der Waals surface area contributed by atoms with Gasteiger partial charge in [0.25, 0.3) is 0 Å². The molecule has 1 aromatic heterocycles. The van der Waals surface area contributed by atoms with Crippen LogP contribution in [0.2, 0.25) is 0 Å². The number of piperazine rings is 1. The zero-order valence-corrected chi connectivity index (χ0v) is 18.0. The second-order valence-corrected chi connectivity index (χ2v) is 7.37. The summed E-state index contributed by atoms with van der Waals surface area (Å²) in [6.45, 7) is 3.92. The maximum Gasteiger partial charge on any atom is 0.308 e. The zero-order valence-electron chi connectivity index (χ0n) is 18.0. The number of esters is 1. The number of ether oxygens (including phenoxy) is 2. The van der Waals surface area contributed by atoms with Crippen LogP contribution in [0.1, 0.15) is 12.5 Å². The highest BCUT2D eigenvalue weighted by Crippen LogP contribution is 2.28. The van der Waals surface area contributed by atoms with Crippen LogP contribution in [0.25, 0.3) is 17.1 Å². The summed E-state index contributed by atoms with van der Waals surface area (Å²) in [7, 11) is 1.50. The van der Waals surface area contributed by atoms with Crippen LogP contribution in [0, 0.1) is 0 Å². The molecular formula is C24H24N4O4. The van der Waals surface area contributed by atoms with Crippen molar-refractivity contribution in [3.8, 4) is 11.5 Å². The molecule has 4 rings (SSSR count). The fourth-order valence-corrected chi connectivity index (χ4v) is 3.56. The van der Waals surface area contributed by atoms with Crippen molar-refractivity contribution in [2.45, 2.75) is 6.92 Å². The van der Waals surface area contributed by atoms with Gasteiger partial charge < -0.3 is 19.3 Å². The van der Waals surface area contributed by atoms with Gasteiger partial charge in [0.05, 0.1) is 24.3 Å². The van der Waals surface area contributed by atoms with Crippen molar-refractivity contribution < 1.29 is 19.1 Å². The van der Waals surface area contributed by atoms with Crippen LogP contribution in [-0.4, -0.2) is 60.0 Å². The second kappa shape index (κ2) is 9.47. The maximum absolute atomic E-state index is 12.6. The van der Waals surface area contributed by atoms with E-state index in [1.807, 2.05) is 29.2 Å². The molecule has 1 aliphatic heterocycles. The Kier molecular flexibility index (Phi) is 6.30. The number of rotatable bonds is 5. The van der Waals surface area contributed by atoms with E-state index in [0.29, 0.717) is 37.7 Å². The molecule has 2 heterocycles. The first-order valence-corrected chi connectivity index (χ1v) is 10.3. The van der Waals surface area contributed by atoms with Crippen molar-refractivity contribution in [2.24, 2.45) is 0 Å². The average Bonchev–Trinajstić information content (AvgIpc) is 2.82. The van der Waals surface area contributed by atoms with Crippen LogP contribution in [0.4, 0.5) is 5.82 Å². The normalized spacial score (nSPS) is 14.1. The van der Waals surface area contributed by atoms with Crippen molar-refractivity contribution in [1.29, 1.82) is 0 Å². The molecule has 2 aromatic carbocycles. The van der Waals surface area contributed by atoms with Crippen LogP contribution in [0.3, 0.4) is 0 Å². The number of nitrogens with zero attached hydrogens (tertiary/aromatic N) is 4. The van der Waals surface area contributed by atoms with Crippen molar-refractivity contribution in [1.82, 2.24) is 14.9 Å². The third-order valence-corrected chi connectivity index (χ3v) is 5.21. The topological polar surface area (TPSA) is 84.9 Å². The summed E-state index contributed by atoms with van der Waals surface area (Å²) in [6.07, 6.45) is 5.06. The van der Waals surface area contributed by atoms with Gasteiger partial charge in [-0.25, -0.2) is 4.98 Å². The number of hydrogen-bond donors (Lipinski definition) is 0. The largest absolute Gasteiger partial charge is 0.493 e. The Bertz CT molecular complexity index is 1170. The van der Waals surface area contributed by atoms with Gasteiger partial charge in [-0.3, -0.25) is 14.6 Å². The molecule has 0 saturated carbocycles. The predicted molar refractivity (Wildman–Crippen MR) is 122 cm³/mol. The van der Waals surface area contributed by atoms with E-state index in [4.69, 9.17) is 9.47 Å². The Balaban J connectivity index is 1.37. The third kappa shape index (κ3) is 4.85. The fourth-order valence-electron chi connectivity index (χ4n) is 3.56. The Morgan fingerprint density at radius 1 is 1.00 bits per heavy atom. The number of para-hydroxylation sites is 2. The first-order chi connectivity index (χ1) is 15.5. The van der Waals surface area contributed by atoms with Gasteiger partial charge in [-0.1, -0.05) is 18.2 Å². The molecule has 32 heavy (non-hydrogen) atoms. The Morgan fingerprint density at radius 3 is 2.47 bits per heavy atom. The lowest BCUT2D eigenvalue weighted by molar-refractivity contribution is -0.132. The SMILES string of the molecule is COc1cc(/C=C/C(=O)N2CCN(c3cnc4ccccc4n3)CC2)ccc1OC(C)=O. The number of fused-ring (bicyclic) bond motifs is 1. The number of carbonyl (C=O) groups excluding carboxylic acids is 2. The van der Waals surface area contributed by atoms with Crippen LogP contribution >= 0.6 is 0 Å². The van der Waals surface area contributed by atoms with E-state index in [2.05, 4.69) is 14.9 Å². The molecule has 0 aliphatic carbocycles. The van der Waals surface area contributed by atoms with Crippen molar-refractivity contribution in [3.05, 3.63) is 60.3 Å². The smallest absolute Gasteiger partial charge is 0.308 e. The molecule has 0 spiro atoms. The number of hydrogen-bond acceptors (Lipinski definition) is 7. The van der Waals surface area contributed by atoms with Crippen molar-refractivity contribution in [3.63, 3.8) is 0 Å². The molecule has 0 atom stereocenters.